The zero-order valence-electron chi connectivity index (χ0n) is 7.17. The van der Waals surface area contributed by atoms with E-state index in [0.717, 1.165) is 5.82 Å². The third-order valence-corrected chi connectivity index (χ3v) is 1.11. The van der Waals surface area contributed by atoms with Gasteiger partial charge < -0.3 is 4.90 Å². The second-order valence-electron chi connectivity index (χ2n) is 2.18. The normalized spacial score (nSPS) is 8.33. The molecule has 0 saturated carbocycles. The molecule has 0 aliphatic rings. The third-order valence-electron chi connectivity index (χ3n) is 1.11. The summed E-state index contributed by atoms with van der Waals surface area (Å²) in [6.07, 6.45) is 1.79. The Hall–Kier alpha value is -0.470. The van der Waals surface area contributed by atoms with Gasteiger partial charge in [-0.1, -0.05) is 6.07 Å². The largest absolute Gasteiger partial charge is 0.363 e. The fourth-order valence-electron chi connectivity index (χ4n) is 0.618. The number of alkyl halides is 2. The van der Waals surface area contributed by atoms with Crippen LogP contribution in [0, 0.1) is 0 Å². The average molecular weight is 207 g/mol. The number of nitrogens with zero attached hydrogens (tertiary/aromatic N) is 2. The molecule has 68 valence electrons. The van der Waals surface area contributed by atoms with E-state index in [4.69, 9.17) is 23.2 Å². The second kappa shape index (κ2) is 7.19. The van der Waals surface area contributed by atoms with Gasteiger partial charge in [-0.05, 0) is 12.1 Å². The van der Waals surface area contributed by atoms with Gasteiger partial charge in [0.1, 0.15) is 5.82 Å². The monoisotopic (exact) mass is 206 g/mol. The van der Waals surface area contributed by atoms with Gasteiger partial charge in [-0.15, -0.1) is 23.2 Å². The van der Waals surface area contributed by atoms with Gasteiger partial charge in [-0.25, -0.2) is 4.98 Å². The van der Waals surface area contributed by atoms with Crippen molar-refractivity contribution in [3.05, 3.63) is 24.4 Å². The lowest BCUT2D eigenvalue weighted by molar-refractivity contribution is 1.07. The van der Waals surface area contributed by atoms with E-state index >= 15 is 0 Å². The first-order valence-electron chi connectivity index (χ1n) is 3.42. The standard InChI is InChI=1S/C7H10N2.CH2Cl2/c1-9(2)7-5-3-4-6-8-7;2-1-3/h3-6H,1-2H3;1H2. The summed E-state index contributed by atoms with van der Waals surface area (Å²) < 4.78 is 0. The fraction of sp³-hybridized carbons (Fsp3) is 0.375. The van der Waals surface area contributed by atoms with Crippen LogP contribution < -0.4 is 4.90 Å². The lowest BCUT2D eigenvalue weighted by atomic mass is 10.4. The van der Waals surface area contributed by atoms with Gasteiger partial charge in [-0.2, -0.15) is 0 Å². The van der Waals surface area contributed by atoms with Crippen LogP contribution in [0.5, 0.6) is 0 Å². The first-order valence-corrected chi connectivity index (χ1v) is 4.49. The molecule has 0 N–H and O–H groups in total. The highest BCUT2D eigenvalue weighted by Crippen LogP contribution is 2.02. The maximum atomic E-state index is 4.76. The zero-order chi connectivity index (χ0) is 9.40. The molecular weight excluding hydrogens is 195 g/mol. The van der Waals surface area contributed by atoms with Crippen molar-refractivity contribution >= 4 is 29.0 Å². The van der Waals surface area contributed by atoms with Crippen molar-refractivity contribution in [3.63, 3.8) is 0 Å². The maximum absolute atomic E-state index is 4.76. The molecule has 0 aliphatic heterocycles. The van der Waals surface area contributed by atoms with Crippen LogP contribution in [0.3, 0.4) is 0 Å². The highest BCUT2D eigenvalue weighted by atomic mass is 35.5. The summed E-state index contributed by atoms with van der Waals surface area (Å²) in [6, 6.07) is 5.86. The van der Waals surface area contributed by atoms with E-state index in [2.05, 4.69) is 4.98 Å². The Balaban J connectivity index is 0.000000354. The van der Waals surface area contributed by atoms with Crippen LogP contribution in [-0.4, -0.2) is 24.4 Å². The molecule has 4 heteroatoms. The summed E-state index contributed by atoms with van der Waals surface area (Å²) in [5, 5.41) is 0.194. The Kier molecular flexibility index (Phi) is 6.91. The van der Waals surface area contributed by atoms with Gasteiger partial charge >= 0.3 is 0 Å². The Morgan fingerprint density at radius 3 is 2.17 bits per heavy atom. The van der Waals surface area contributed by atoms with Crippen LogP contribution in [0.2, 0.25) is 0 Å². The predicted molar refractivity (Wildman–Crippen MR) is 55.1 cm³/mol. The van der Waals surface area contributed by atoms with Crippen molar-refractivity contribution in [2.24, 2.45) is 0 Å². The number of pyridine rings is 1. The SMILES string of the molecule is CN(C)c1ccccn1.ClCCl. The number of halogens is 2. The molecule has 2 nitrogen and oxygen atoms in total. The van der Waals surface area contributed by atoms with Gasteiger partial charge in [0, 0.05) is 20.3 Å². The summed E-state index contributed by atoms with van der Waals surface area (Å²) in [6.45, 7) is 0. The first kappa shape index (κ1) is 11.5. The van der Waals surface area contributed by atoms with Gasteiger partial charge in [0.05, 0.1) is 5.34 Å². The summed E-state index contributed by atoms with van der Waals surface area (Å²) >= 11 is 9.53. The van der Waals surface area contributed by atoms with Crippen LogP contribution >= 0.6 is 23.2 Å². The molecule has 0 fully saturated rings. The molecule has 0 atom stereocenters. The Bertz CT molecular complexity index is 190. The minimum Gasteiger partial charge on any atom is -0.363 e. The molecule has 0 saturated heterocycles. The molecule has 1 aromatic rings. The molecule has 0 unspecified atom stereocenters. The summed E-state index contributed by atoms with van der Waals surface area (Å²) in [5.41, 5.74) is 0. The predicted octanol–water partition coefficient (Wildman–Crippen LogP) is 2.57. The summed E-state index contributed by atoms with van der Waals surface area (Å²) in [5.74, 6) is 0.998. The van der Waals surface area contributed by atoms with Crippen LogP contribution in [0.1, 0.15) is 0 Å². The topological polar surface area (TPSA) is 16.1 Å². The van der Waals surface area contributed by atoms with E-state index in [0.29, 0.717) is 0 Å². The second-order valence-corrected chi connectivity index (χ2v) is 2.99. The Morgan fingerprint density at radius 2 is 1.92 bits per heavy atom. The number of anilines is 1. The molecule has 0 radical (unpaired) electrons. The average Bonchev–Trinajstić information content (AvgIpc) is 2.07. The molecule has 1 rings (SSSR count). The third kappa shape index (κ3) is 5.22. The van der Waals surface area contributed by atoms with E-state index in [1.807, 2.05) is 37.2 Å². The maximum Gasteiger partial charge on any atom is 0.127 e. The lowest BCUT2D eigenvalue weighted by Gasteiger charge is -2.08. The van der Waals surface area contributed by atoms with Gasteiger partial charge in [0.2, 0.25) is 0 Å². The first-order chi connectivity index (χ1) is 5.72. The molecular formula is C8H12Cl2N2. The zero-order valence-corrected chi connectivity index (χ0v) is 8.68. The van der Waals surface area contributed by atoms with Crippen molar-refractivity contribution in [3.8, 4) is 0 Å². The molecule has 0 amide bonds. The molecule has 0 bridgehead atoms. The van der Waals surface area contributed by atoms with Crippen LogP contribution in [0.15, 0.2) is 24.4 Å². The Morgan fingerprint density at radius 1 is 1.33 bits per heavy atom. The summed E-state index contributed by atoms with van der Waals surface area (Å²) in [7, 11) is 3.95. The van der Waals surface area contributed by atoms with Gasteiger partial charge in [0.15, 0.2) is 0 Å². The van der Waals surface area contributed by atoms with Crippen LogP contribution in [0.4, 0.5) is 5.82 Å². The molecule has 12 heavy (non-hydrogen) atoms. The van der Waals surface area contributed by atoms with E-state index in [1.165, 1.54) is 0 Å². The van der Waals surface area contributed by atoms with Crippen molar-refractivity contribution < 1.29 is 0 Å². The van der Waals surface area contributed by atoms with E-state index in [-0.39, 0.29) is 5.34 Å². The van der Waals surface area contributed by atoms with Crippen molar-refractivity contribution in [1.82, 2.24) is 4.98 Å². The van der Waals surface area contributed by atoms with Crippen molar-refractivity contribution in [1.29, 1.82) is 0 Å². The van der Waals surface area contributed by atoms with Gasteiger partial charge in [0.25, 0.3) is 0 Å². The summed E-state index contributed by atoms with van der Waals surface area (Å²) in [4.78, 5) is 6.08. The molecule has 0 aliphatic carbocycles. The van der Waals surface area contributed by atoms with E-state index < -0.39 is 0 Å². The van der Waals surface area contributed by atoms with Gasteiger partial charge in [-0.3, -0.25) is 0 Å². The molecule has 1 heterocycles. The minimum atomic E-state index is 0.194. The van der Waals surface area contributed by atoms with E-state index in [1.54, 1.807) is 6.20 Å². The van der Waals surface area contributed by atoms with Crippen LogP contribution in [0.25, 0.3) is 0 Å². The Labute approximate surface area is 83.1 Å². The molecule has 0 aromatic carbocycles. The highest BCUT2D eigenvalue weighted by Gasteiger charge is 1.89. The molecule has 0 spiro atoms. The number of hydrogen-bond acceptors (Lipinski definition) is 2. The van der Waals surface area contributed by atoms with Crippen LogP contribution in [-0.2, 0) is 0 Å². The van der Waals surface area contributed by atoms with E-state index in [9.17, 15) is 0 Å². The van der Waals surface area contributed by atoms with Crippen molar-refractivity contribution in [2.75, 3.05) is 24.3 Å². The fourth-order valence-corrected chi connectivity index (χ4v) is 0.618. The highest BCUT2D eigenvalue weighted by molar-refractivity contribution is 6.40. The molecule has 1 aromatic heterocycles. The quantitative estimate of drug-likeness (QED) is 0.658. The van der Waals surface area contributed by atoms with Crippen molar-refractivity contribution in [2.45, 2.75) is 0 Å². The smallest absolute Gasteiger partial charge is 0.127 e. The minimum absolute atomic E-state index is 0.194. The lowest BCUT2D eigenvalue weighted by Crippen LogP contribution is -2.09. The number of rotatable bonds is 1. The number of hydrogen-bond donors (Lipinski definition) is 0. The number of aromatic nitrogens is 1.